The third kappa shape index (κ3) is 4.39. The molecule has 21 heavy (non-hydrogen) atoms. The molecule has 2 N–H and O–H groups in total. The van der Waals surface area contributed by atoms with Crippen molar-refractivity contribution in [1.82, 2.24) is 5.32 Å². The average molecular weight is 299 g/mol. The molecule has 0 aromatic heterocycles. The number of halogens is 2. The fraction of sp³-hybridized carbons (Fsp3) is 0.533. The third-order valence-electron chi connectivity index (χ3n) is 3.89. The lowest BCUT2D eigenvalue weighted by Gasteiger charge is -2.17. The normalized spacial score (nSPS) is 21.7. The summed E-state index contributed by atoms with van der Waals surface area (Å²) in [5.74, 6) is -0.794. The number of carboxylic acids is 1. The van der Waals surface area contributed by atoms with Crippen molar-refractivity contribution < 1.29 is 23.4 Å². The van der Waals surface area contributed by atoms with Crippen LogP contribution in [0.4, 0.5) is 8.78 Å². The zero-order valence-electron chi connectivity index (χ0n) is 11.6. The van der Waals surface area contributed by atoms with Gasteiger partial charge < -0.3 is 15.2 Å². The van der Waals surface area contributed by atoms with Gasteiger partial charge in [-0.15, -0.1) is 0 Å². The molecule has 0 saturated heterocycles. The van der Waals surface area contributed by atoms with E-state index >= 15 is 0 Å². The molecule has 1 aliphatic rings. The standard InChI is InChI=1S/C15H19F2NO3/c16-15(17)21-13-7-2-1-4-11(13)9-18-8-10-5-3-6-12(10)14(19)20/h1-2,4,7,10,12,15,18H,3,5-6,8-9H2,(H,19,20). The number of carboxylic acid groups (broad SMARTS) is 1. The molecular weight excluding hydrogens is 280 g/mol. The van der Waals surface area contributed by atoms with Gasteiger partial charge in [0, 0.05) is 12.1 Å². The smallest absolute Gasteiger partial charge is 0.387 e. The van der Waals surface area contributed by atoms with E-state index < -0.39 is 12.6 Å². The molecule has 0 amide bonds. The van der Waals surface area contributed by atoms with E-state index in [0.29, 0.717) is 25.1 Å². The molecule has 116 valence electrons. The van der Waals surface area contributed by atoms with Crippen molar-refractivity contribution in [2.75, 3.05) is 6.54 Å². The maximum absolute atomic E-state index is 12.3. The molecule has 6 heteroatoms. The highest BCUT2D eigenvalue weighted by atomic mass is 19.3. The van der Waals surface area contributed by atoms with Crippen LogP contribution in [0, 0.1) is 11.8 Å². The molecule has 2 atom stereocenters. The summed E-state index contributed by atoms with van der Waals surface area (Å²) in [7, 11) is 0. The third-order valence-corrected chi connectivity index (χ3v) is 3.89. The van der Waals surface area contributed by atoms with Gasteiger partial charge in [0.25, 0.3) is 0 Å². The van der Waals surface area contributed by atoms with Gasteiger partial charge in [-0.25, -0.2) is 0 Å². The zero-order valence-corrected chi connectivity index (χ0v) is 11.6. The quantitative estimate of drug-likeness (QED) is 0.813. The molecule has 0 bridgehead atoms. The van der Waals surface area contributed by atoms with Gasteiger partial charge >= 0.3 is 12.6 Å². The van der Waals surface area contributed by atoms with Gasteiger partial charge in [0.05, 0.1) is 5.92 Å². The van der Waals surface area contributed by atoms with Crippen molar-refractivity contribution in [3.8, 4) is 5.75 Å². The van der Waals surface area contributed by atoms with E-state index in [2.05, 4.69) is 10.1 Å². The van der Waals surface area contributed by atoms with Crippen LogP contribution in [-0.4, -0.2) is 24.2 Å². The number of ether oxygens (including phenoxy) is 1. The lowest BCUT2D eigenvalue weighted by molar-refractivity contribution is -0.142. The number of para-hydroxylation sites is 1. The van der Waals surface area contributed by atoms with Gasteiger partial charge in [0.15, 0.2) is 0 Å². The maximum Gasteiger partial charge on any atom is 0.387 e. The van der Waals surface area contributed by atoms with Gasteiger partial charge in [0.1, 0.15) is 5.75 Å². The predicted octanol–water partition coefficient (Wildman–Crippen LogP) is 2.88. The average Bonchev–Trinajstić information content (AvgIpc) is 2.88. The van der Waals surface area contributed by atoms with Gasteiger partial charge in [-0.3, -0.25) is 4.79 Å². The molecule has 0 aliphatic heterocycles. The maximum atomic E-state index is 12.3. The van der Waals surface area contributed by atoms with Gasteiger partial charge in [0.2, 0.25) is 0 Å². The topological polar surface area (TPSA) is 58.6 Å². The van der Waals surface area contributed by atoms with Crippen molar-refractivity contribution in [1.29, 1.82) is 0 Å². The zero-order chi connectivity index (χ0) is 15.2. The Hall–Kier alpha value is -1.69. The summed E-state index contributed by atoms with van der Waals surface area (Å²) in [5.41, 5.74) is 0.641. The van der Waals surface area contributed by atoms with Crippen LogP contribution in [0.15, 0.2) is 24.3 Å². The van der Waals surface area contributed by atoms with Crippen molar-refractivity contribution in [2.45, 2.75) is 32.4 Å². The summed E-state index contributed by atoms with van der Waals surface area (Å²) in [6.07, 6.45) is 2.53. The van der Waals surface area contributed by atoms with Gasteiger partial charge in [-0.2, -0.15) is 8.78 Å². The Labute approximate surface area is 122 Å². The highest BCUT2D eigenvalue weighted by molar-refractivity contribution is 5.70. The first-order valence-electron chi connectivity index (χ1n) is 7.04. The minimum atomic E-state index is -2.85. The number of carbonyl (C=O) groups is 1. The minimum Gasteiger partial charge on any atom is -0.481 e. The van der Waals surface area contributed by atoms with E-state index in [1.54, 1.807) is 18.2 Å². The molecule has 0 heterocycles. The van der Waals surface area contributed by atoms with E-state index in [-0.39, 0.29) is 17.6 Å². The van der Waals surface area contributed by atoms with Crippen LogP contribution in [0.2, 0.25) is 0 Å². The molecule has 0 spiro atoms. The second kappa shape index (κ2) is 7.36. The summed E-state index contributed by atoms with van der Waals surface area (Å²) in [6, 6.07) is 6.61. The number of rotatable bonds is 7. The van der Waals surface area contributed by atoms with Gasteiger partial charge in [-0.1, -0.05) is 24.6 Å². The fourth-order valence-electron chi connectivity index (χ4n) is 2.86. The number of hydrogen-bond donors (Lipinski definition) is 2. The molecule has 2 rings (SSSR count). The Kier molecular flexibility index (Phi) is 5.50. The van der Waals surface area contributed by atoms with Crippen LogP contribution >= 0.6 is 0 Å². The Bertz CT molecular complexity index is 482. The number of nitrogens with one attached hydrogen (secondary N) is 1. The summed E-state index contributed by atoms with van der Waals surface area (Å²) >= 11 is 0. The number of benzene rings is 1. The first-order valence-corrected chi connectivity index (χ1v) is 7.04. The fourth-order valence-corrected chi connectivity index (χ4v) is 2.86. The Morgan fingerprint density at radius 3 is 2.86 bits per heavy atom. The largest absolute Gasteiger partial charge is 0.481 e. The highest BCUT2D eigenvalue weighted by Crippen LogP contribution is 2.31. The SMILES string of the molecule is O=C(O)C1CCCC1CNCc1ccccc1OC(F)F. The number of alkyl halides is 2. The molecule has 2 unspecified atom stereocenters. The Balaban J connectivity index is 1.87. The molecule has 4 nitrogen and oxygen atoms in total. The first kappa shape index (κ1) is 15.7. The van der Waals surface area contributed by atoms with E-state index in [1.807, 2.05) is 0 Å². The van der Waals surface area contributed by atoms with Crippen molar-refractivity contribution in [3.05, 3.63) is 29.8 Å². The molecule has 1 aromatic carbocycles. The van der Waals surface area contributed by atoms with E-state index in [9.17, 15) is 13.6 Å². The van der Waals surface area contributed by atoms with E-state index in [4.69, 9.17) is 5.11 Å². The summed E-state index contributed by atoms with van der Waals surface area (Å²) in [5, 5.41) is 12.3. The highest BCUT2D eigenvalue weighted by Gasteiger charge is 2.32. The van der Waals surface area contributed by atoms with Crippen LogP contribution in [0.3, 0.4) is 0 Å². The Morgan fingerprint density at radius 1 is 1.38 bits per heavy atom. The van der Waals surface area contributed by atoms with Crippen LogP contribution in [0.5, 0.6) is 5.75 Å². The van der Waals surface area contributed by atoms with Crippen LogP contribution < -0.4 is 10.1 Å². The summed E-state index contributed by atoms with van der Waals surface area (Å²) in [4.78, 5) is 11.1. The van der Waals surface area contributed by atoms with Crippen LogP contribution in [0.25, 0.3) is 0 Å². The molecule has 1 aromatic rings. The van der Waals surface area contributed by atoms with Crippen molar-refractivity contribution >= 4 is 5.97 Å². The number of hydrogen-bond acceptors (Lipinski definition) is 3. The van der Waals surface area contributed by atoms with E-state index in [1.165, 1.54) is 6.07 Å². The molecule has 0 radical (unpaired) electrons. The minimum absolute atomic E-state index is 0.102. The lowest BCUT2D eigenvalue weighted by atomic mass is 9.96. The molecule has 1 saturated carbocycles. The van der Waals surface area contributed by atoms with Crippen molar-refractivity contribution in [3.63, 3.8) is 0 Å². The summed E-state index contributed by atoms with van der Waals surface area (Å²) < 4.78 is 29.1. The monoisotopic (exact) mass is 299 g/mol. The second-order valence-electron chi connectivity index (χ2n) is 5.25. The molecular formula is C15H19F2NO3. The lowest BCUT2D eigenvalue weighted by Crippen LogP contribution is -2.28. The van der Waals surface area contributed by atoms with Crippen LogP contribution in [0.1, 0.15) is 24.8 Å². The second-order valence-corrected chi connectivity index (χ2v) is 5.25. The molecule has 1 aliphatic carbocycles. The molecule has 1 fully saturated rings. The Morgan fingerprint density at radius 2 is 2.14 bits per heavy atom. The van der Waals surface area contributed by atoms with Crippen LogP contribution in [-0.2, 0) is 11.3 Å². The summed E-state index contributed by atoms with van der Waals surface area (Å²) in [6.45, 7) is -1.90. The van der Waals surface area contributed by atoms with Gasteiger partial charge in [-0.05, 0) is 31.4 Å². The first-order chi connectivity index (χ1) is 10.1. The van der Waals surface area contributed by atoms with Crippen molar-refractivity contribution in [2.24, 2.45) is 11.8 Å². The van der Waals surface area contributed by atoms with E-state index in [0.717, 1.165) is 12.8 Å². The number of aliphatic carboxylic acids is 1. The predicted molar refractivity (Wildman–Crippen MR) is 73.2 cm³/mol.